The maximum absolute atomic E-state index is 10.3. The third-order valence-corrected chi connectivity index (χ3v) is 3.51. The molecule has 2 rings (SSSR count). The average Bonchev–Trinajstić information content (AvgIpc) is 2.29. The normalized spacial score (nSPS) is 19.7. The molecule has 0 amide bonds. The van der Waals surface area contributed by atoms with Gasteiger partial charge >= 0.3 is 0 Å². The number of halogens is 1. The van der Waals surface area contributed by atoms with Gasteiger partial charge in [-0.3, -0.25) is 0 Å². The summed E-state index contributed by atoms with van der Waals surface area (Å²) in [5, 5.41) is 10.9. The van der Waals surface area contributed by atoms with Crippen LogP contribution in [0.15, 0.2) is 18.2 Å². The van der Waals surface area contributed by atoms with Gasteiger partial charge in [0.05, 0.1) is 6.10 Å². The zero-order valence-corrected chi connectivity index (χ0v) is 10.2. The molecule has 1 atom stereocenters. The molecule has 0 radical (unpaired) electrons. The smallest absolute Gasteiger partial charge is 0.0834 e. The van der Waals surface area contributed by atoms with E-state index in [9.17, 15) is 5.11 Å². The van der Waals surface area contributed by atoms with Crippen molar-refractivity contribution in [2.75, 3.05) is 13.2 Å². The molecule has 3 heteroatoms. The second-order valence-corrected chi connectivity index (χ2v) is 4.83. The van der Waals surface area contributed by atoms with E-state index >= 15 is 0 Å². The quantitative estimate of drug-likeness (QED) is 0.861. The van der Waals surface area contributed by atoms with Gasteiger partial charge in [0.1, 0.15) is 0 Å². The van der Waals surface area contributed by atoms with Crippen LogP contribution in [0.4, 0.5) is 0 Å². The molecule has 0 bridgehead atoms. The van der Waals surface area contributed by atoms with Gasteiger partial charge in [-0.1, -0.05) is 23.7 Å². The standard InChI is InChI=1S/C13H17ClO2/c1-9-2-3-11(12(14)8-9)13(15)10-4-6-16-7-5-10/h2-3,8,10,13,15H,4-7H2,1H3. The number of hydrogen-bond donors (Lipinski definition) is 1. The Kier molecular flexibility index (Phi) is 3.85. The highest BCUT2D eigenvalue weighted by molar-refractivity contribution is 6.31. The van der Waals surface area contributed by atoms with Crippen LogP contribution in [0.5, 0.6) is 0 Å². The predicted octanol–water partition coefficient (Wildman–Crippen LogP) is 3.11. The molecule has 0 aliphatic carbocycles. The van der Waals surface area contributed by atoms with E-state index in [2.05, 4.69) is 0 Å². The summed E-state index contributed by atoms with van der Waals surface area (Å²) in [6.07, 6.45) is 1.36. The number of aryl methyl sites for hydroxylation is 1. The molecule has 1 N–H and O–H groups in total. The lowest BCUT2D eigenvalue weighted by molar-refractivity contribution is 0.00722. The summed E-state index contributed by atoms with van der Waals surface area (Å²) < 4.78 is 5.29. The van der Waals surface area contributed by atoms with Gasteiger partial charge in [-0.15, -0.1) is 0 Å². The molecule has 1 aliphatic heterocycles. The van der Waals surface area contributed by atoms with E-state index < -0.39 is 6.10 Å². The van der Waals surface area contributed by atoms with Crippen LogP contribution in [0.3, 0.4) is 0 Å². The monoisotopic (exact) mass is 240 g/mol. The number of aliphatic hydroxyl groups is 1. The maximum atomic E-state index is 10.3. The van der Waals surface area contributed by atoms with E-state index in [0.717, 1.165) is 37.2 Å². The van der Waals surface area contributed by atoms with E-state index in [0.29, 0.717) is 5.02 Å². The highest BCUT2D eigenvalue weighted by atomic mass is 35.5. The van der Waals surface area contributed by atoms with Crippen molar-refractivity contribution in [1.29, 1.82) is 0 Å². The van der Waals surface area contributed by atoms with Crippen LogP contribution in [0, 0.1) is 12.8 Å². The lowest BCUT2D eigenvalue weighted by Crippen LogP contribution is -2.22. The lowest BCUT2D eigenvalue weighted by Gasteiger charge is -2.27. The summed E-state index contributed by atoms with van der Waals surface area (Å²) in [6.45, 7) is 3.48. The molecule has 1 aromatic carbocycles. The Morgan fingerprint density at radius 3 is 2.69 bits per heavy atom. The summed E-state index contributed by atoms with van der Waals surface area (Å²) in [6, 6.07) is 5.82. The van der Waals surface area contributed by atoms with Crippen LogP contribution in [0.1, 0.15) is 30.1 Å². The van der Waals surface area contributed by atoms with E-state index in [1.54, 1.807) is 0 Å². The van der Waals surface area contributed by atoms with Crippen molar-refractivity contribution >= 4 is 11.6 Å². The molecule has 1 saturated heterocycles. The van der Waals surface area contributed by atoms with Gasteiger partial charge in [0.2, 0.25) is 0 Å². The van der Waals surface area contributed by atoms with Gasteiger partial charge in [0.25, 0.3) is 0 Å². The summed E-state index contributed by atoms with van der Waals surface area (Å²) in [7, 11) is 0. The molecule has 1 heterocycles. The molecular weight excluding hydrogens is 224 g/mol. The first kappa shape index (κ1) is 11.9. The number of hydrogen-bond acceptors (Lipinski definition) is 2. The predicted molar refractivity (Wildman–Crippen MR) is 64.7 cm³/mol. The zero-order chi connectivity index (χ0) is 11.5. The second kappa shape index (κ2) is 5.17. The Morgan fingerprint density at radius 2 is 2.06 bits per heavy atom. The van der Waals surface area contributed by atoms with Gasteiger partial charge in [0.15, 0.2) is 0 Å². The lowest BCUT2D eigenvalue weighted by atomic mass is 9.89. The minimum absolute atomic E-state index is 0.272. The average molecular weight is 241 g/mol. The number of rotatable bonds is 2. The van der Waals surface area contributed by atoms with Crippen molar-refractivity contribution in [3.63, 3.8) is 0 Å². The van der Waals surface area contributed by atoms with E-state index in [4.69, 9.17) is 16.3 Å². The van der Waals surface area contributed by atoms with E-state index in [-0.39, 0.29) is 5.92 Å². The van der Waals surface area contributed by atoms with Gasteiger partial charge in [-0.05, 0) is 42.9 Å². The largest absolute Gasteiger partial charge is 0.388 e. The minimum Gasteiger partial charge on any atom is -0.388 e. The minimum atomic E-state index is -0.461. The Bertz CT molecular complexity index is 359. The maximum Gasteiger partial charge on any atom is 0.0834 e. The first-order valence-corrected chi connectivity index (χ1v) is 6.08. The van der Waals surface area contributed by atoms with Crippen LogP contribution in [-0.2, 0) is 4.74 Å². The molecule has 1 unspecified atom stereocenters. The molecule has 88 valence electrons. The van der Waals surface area contributed by atoms with Crippen molar-refractivity contribution in [3.05, 3.63) is 34.3 Å². The summed E-state index contributed by atoms with van der Waals surface area (Å²) in [4.78, 5) is 0. The summed E-state index contributed by atoms with van der Waals surface area (Å²) in [5.41, 5.74) is 1.96. The van der Waals surface area contributed by atoms with E-state index in [1.165, 1.54) is 0 Å². The fraction of sp³-hybridized carbons (Fsp3) is 0.538. The van der Waals surface area contributed by atoms with Gasteiger partial charge < -0.3 is 9.84 Å². The molecule has 1 aromatic rings. The molecule has 16 heavy (non-hydrogen) atoms. The SMILES string of the molecule is Cc1ccc(C(O)C2CCOCC2)c(Cl)c1. The Labute approximate surface area is 101 Å². The van der Waals surface area contributed by atoms with Crippen LogP contribution in [-0.4, -0.2) is 18.3 Å². The van der Waals surface area contributed by atoms with E-state index in [1.807, 2.05) is 25.1 Å². The van der Waals surface area contributed by atoms with Crippen LogP contribution in [0.2, 0.25) is 5.02 Å². The number of benzene rings is 1. The van der Waals surface area contributed by atoms with Crippen LogP contribution >= 0.6 is 11.6 Å². The fourth-order valence-corrected chi connectivity index (χ4v) is 2.50. The molecule has 0 spiro atoms. The second-order valence-electron chi connectivity index (χ2n) is 4.42. The molecule has 0 saturated carbocycles. The van der Waals surface area contributed by atoms with Gasteiger partial charge in [-0.2, -0.15) is 0 Å². The number of ether oxygens (including phenoxy) is 1. The third kappa shape index (κ3) is 2.57. The molecule has 2 nitrogen and oxygen atoms in total. The van der Waals surface area contributed by atoms with Crippen molar-refractivity contribution in [3.8, 4) is 0 Å². The molecular formula is C13H17ClO2. The summed E-state index contributed by atoms with van der Waals surface area (Å²) in [5.74, 6) is 0.272. The molecule has 0 aromatic heterocycles. The summed E-state index contributed by atoms with van der Waals surface area (Å²) >= 11 is 6.15. The Morgan fingerprint density at radius 1 is 1.38 bits per heavy atom. The van der Waals surface area contributed by atoms with Crippen molar-refractivity contribution in [2.45, 2.75) is 25.9 Å². The molecule has 1 fully saturated rings. The fourth-order valence-electron chi connectivity index (χ4n) is 2.16. The first-order valence-electron chi connectivity index (χ1n) is 5.70. The zero-order valence-electron chi connectivity index (χ0n) is 9.45. The van der Waals surface area contributed by atoms with Gasteiger partial charge in [-0.25, -0.2) is 0 Å². The number of aliphatic hydroxyl groups excluding tert-OH is 1. The third-order valence-electron chi connectivity index (χ3n) is 3.19. The highest BCUT2D eigenvalue weighted by Gasteiger charge is 2.24. The Balaban J connectivity index is 2.15. The topological polar surface area (TPSA) is 29.5 Å². The van der Waals surface area contributed by atoms with Crippen molar-refractivity contribution in [1.82, 2.24) is 0 Å². The Hall–Kier alpha value is -0.570. The van der Waals surface area contributed by atoms with Crippen LogP contribution in [0.25, 0.3) is 0 Å². The van der Waals surface area contributed by atoms with Gasteiger partial charge in [0, 0.05) is 18.2 Å². The first-order chi connectivity index (χ1) is 7.68. The highest BCUT2D eigenvalue weighted by Crippen LogP contribution is 2.33. The van der Waals surface area contributed by atoms with Crippen molar-refractivity contribution in [2.24, 2.45) is 5.92 Å². The van der Waals surface area contributed by atoms with Crippen LogP contribution < -0.4 is 0 Å². The molecule has 1 aliphatic rings. The van der Waals surface area contributed by atoms with Crippen molar-refractivity contribution < 1.29 is 9.84 Å².